The molecule has 0 aliphatic heterocycles. The van der Waals surface area contributed by atoms with Crippen LogP contribution in [0.15, 0.2) is 23.1 Å². The summed E-state index contributed by atoms with van der Waals surface area (Å²) in [6.45, 7) is -0.297. The monoisotopic (exact) mass is 286 g/mol. The van der Waals surface area contributed by atoms with Crippen LogP contribution in [0.1, 0.15) is 6.42 Å². The van der Waals surface area contributed by atoms with Crippen LogP contribution in [0.5, 0.6) is 5.75 Å². The maximum absolute atomic E-state index is 11.8. The van der Waals surface area contributed by atoms with E-state index in [4.69, 9.17) is 27.0 Å². The van der Waals surface area contributed by atoms with E-state index in [1.165, 1.54) is 18.2 Å². The summed E-state index contributed by atoms with van der Waals surface area (Å²) < 4.78 is 38.9. The van der Waals surface area contributed by atoms with Gasteiger partial charge in [-0.05, 0) is 18.2 Å². The molecule has 0 saturated heterocycles. The van der Waals surface area contributed by atoms with Crippen LogP contribution in [-0.2, 0) is 9.05 Å². The van der Waals surface area contributed by atoms with Gasteiger partial charge < -0.3 is 4.74 Å². The smallest absolute Gasteiger partial charge is 0.261 e. The molecule has 0 unspecified atom stereocenters. The molecule has 7 heteroatoms. The van der Waals surface area contributed by atoms with Crippen molar-refractivity contribution >= 4 is 31.3 Å². The Morgan fingerprint density at radius 2 is 2.06 bits per heavy atom. The van der Waals surface area contributed by atoms with Crippen molar-refractivity contribution in [3.8, 4) is 5.75 Å². The minimum absolute atomic E-state index is 0.1000. The minimum Gasteiger partial charge on any atom is -0.492 e. The molecule has 1 rings (SSSR count). The van der Waals surface area contributed by atoms with E-state index in [1.54, 1.807) is 0 Å². The predicted octanol–water partition coefficient (Wildman–Crippen LogP) is 3.01. The summed E-state index contributed by atoms with van der Waals surface area (Å²) in [4.78, 5) is -0.1000. The zero-order chi connectivity index (χ0) is 12.2. The molecular weight excluding hydrogens is 278 g/mol. The highest BCUT2D eigenvalue weighted by Crippen LogP contribution is 2.28. The number of ether oxygens (including phenoxy) is 1. The zero-order valence-corrected chi connectivity index (χ0v) is 10.4. The molecule has 0 aromatic heterocycles. The number of hydrogen-bond donors (Lipinski definition) is 0. The highest BCUT2D eigenvalue weighted by molar-refractivity contribution is 8.13. The number of halogens is 3. The highest BCUT2D eigenvalue weighted by Gasteiger charge is 2.12. The lowest BCUT2D eigenvalue weighted by Crippen LogP contribution is -1.99. The summed E-state index contributed by atoms with van der Waals surface area (Å²) in [6.07, 6.45) is 0.256. The molecule has 90 valence electrons. The molecule has 1 aromatic rings. The van der Waals surface area contributed by atoms with Gasteiger partial charge in [-0.3, -0.25) is 4.39 Å². The molecule has 1 aromatic carbocycles. The van der Waals surface area contributed by atoms with Crippen LogP contribution in [0.2, 0.25) is 5.02 Å². The molecule has 0 bridgehead atoms. The van der Waals surface area contributed by atoms with Gasteiger partial charge in [-0.15, -0.1) is 0 Å². The molecule has 0 spiro atoms. The fourth-order valence-corrected chi connectivity index (χ4v) is 2.06. The standard InChI is InChI=1S/C9H9Cl2FO3S/c10-8-6-7(16(11,13)14)2-3-9(8)15-5-1-4-12/h2-3,6H,1,4-5H2. The summed E-state index contributed by atoms with van der Waals surface area (Å²) in [7, 11) is 1.34. The van der Waals surface area contributed by atoms with Crippen molar-refractivity contribution in [3.63, 3.8) is 0 Å². The molecule has 0 N–H and O–H groups in total. The maximum atomic E-state index is 11.8. The second-order valence-corrected chi connectivity index (χ2v) is 5.89. The van der Waals surface area contributed by atoms with E-state index in [0.717, 1.165) is 0 Å². The normalized spacial score (nSPS) is 11.4. The van der Waals surface area contributed by atoms with Gasteiger partial charge in [0, 0.05) is 17.1 Å². The van der Waals surface area contributed by atoms with Crippen LogP contribution in [0.25, 0.3) is 0 Å². The number of benzene rings is 1. The number of rotatable bonds is 5. The lowest BCUT2D eigenvalue weighted by Gasteiger charge is -2.07. The summed E-state index contributed by atoms with van der Waals surface area (Å²) in [6, 6.07) is 3.85. The number of alkyl halides is 1. The Labute approximate surface area is 103 Å². The predicted molar refractivity (Wildman–Crippen MR) is 60.6 cm³/mol. The Bertz CT molecular complexity index is 462. The van der Waals surface area contributed by atoms with Gasteiger partial charge in [-0.1, -0.05) is 11.6 Å². The van der Waals surface area contributed by atoms with Crippen LogP contribution in [0.3, 0.4) is 0 Å². The quantitative estimate of drug-likeness (QED) is 0.617. The first-order valence-corrected chi connectivity index (χ1v) is 7.07. The third-order valence-electron chi connectivity index (χ3n) is 1.72. The molecule has 0 amide bonds. The molecule has 16 heavy (non-hydrogen) atoms. The zero-order valence-electron chi connectivity index (χ0n) is 8.12. The highest BCUT2D eigenvalue weighted by atomic mass is 35.7. The first kappa shape index (κ1) is 13.5. The van der Waals surface area contributed by atoms with E-state index < -0.39 is 15.7 Å². The van der Waals surface area contributed by atoms with E-state index in [1.807, 2.05) is 0 Å². The molecule has 0 fully saturated rings. The van der Waals surface area contributed by atoms with Crippen molar-refractivity contribution < 1.29 is 17.5 Å². The molecule has 0 aliphatic carbocycles. The van der Waals surface area contributed by atoms with Gasteiger partial charge in [0.1, 0.15) is 5.75 Å². The van der Waals surface area contributed by atoms with Crippen LogP contribution in [-0.4, -0.2) is 21.7 Å². The van der Waals surface area contributed by atoms with Crippen molar-refractivity contribution in [2.45, 2.75) is 11.3 Å². The van der Waals surface area contributed by atoms with Gasteiger partial charge in [-0.25, -0.2) is 8.42 Å². The third kappa shape index (κ3) is 3.81. The average molecular weight is 287 g/mol. The molecule has 0 radical (unpaired) electrons. The van der Waals surface area contributed by atoms with E-state index in [9.17, 15) is 12.8 Å². The van der Waals surface area contributed by atoms with E-state index >= 15 is 0 Å². The topological polar surface area (TPSA) is 43.4 Å². The van der Waals surface area contributed by atoms with Gasteiger partial charge in [0.05, 0.1) is 23.2 Å². The first-order valence-electron chi connectivity index (χ1n) is 4.38. The molecule has 0 heterocycles. The van der Waals surface area contributed by atoms with E-state index in [0.29, 0.717) is 5.75 Å². The van der Waals surface area contributed by atoms with Gasteiger partial charge >= 0.3 is 0 Å². The van der Waals surface area contributed by atoms with Gasteiger partial charge in [0.25, 0.3) is 9.05 Å². The van der Waals surface area contributed by atoms with Crippen molar-refractivity contribution in [1.29, 1.82) is 0 Å². The van der Waals surface area contributed by atoms with E-state index in [-0.39, 0.29) is 22.9 Å². The molecule has 0 saturated carbocycles. The second kappa shape index (κ2) is 5.70. The molecule has 0 atom stereocenters. The van der Waals surface area contributed by atoms with Crippen molar-refractivity contribution in [2.75, 3.05) is 13.3 Å². The SMILES string of the molecule is O=S(=O)(Cl)c1ccc(OCCCF)c(Cl)c1. The van der Waals surface area contributed by atoms with Crippen molar-refractivity contribution in [3.05, 3.63) is 23.2 Å². The maximum Gasteiger partial charge on any atom is 0.261 e. The lowest BCUT2D eigenvalue weighted by molar-refractivity contribution is 0.289. The number of hydrogen-bond acceptors (Lipinski definition) is 3. The van der Waals surface area contributed by atoms with Gasteiger partial charge in [-0.2, -0.15) is 0 Å². The van der Waals surface area contributed by atoms with Crippen LogP contribution in [0.4, 0.5) is 4.39 Å². The Kier molecular flexibility index (Phi) is 4.83. The summed E-state index contributed by atoms with van der Waals surface area (Å²) in [5.74, 6) is 0.305. The second-order valence-electron chi connectivity index (χ2n) is 2.92. The molecular formula is C9H9Cl2FO3S. The minimum atomic E-state index is -3.80. The third-order valence-corrected chi connectivity index (χ3v) is 3.37. The fourth-order valence-electron chi connectivity index (χ4n) is 0.987. The largest absolute Gasteiger partial charge is 0.492 e. The average Bonchev–Trinajstić information content (AvgIpc) is 2.19. The van der Waals surface area contributed by atoms with Gasteiger partial charge in [0.2, 0.25) is 0 Å². The van der Waals surface area contributed by atoms with Crippen LogP contribution >= 0.6 is 22.3 Å². The Hall–Kier alpha value is -0.520. The lowest BCUT2D eigenvalue weighted by atomic mass is 10.3. The summed E-state index contributed by atoms with van der Waals surface area (Å²) in [5, 5.41) is 0.126. The van der Waals surface area contributed by atoms with Gasteiger partial charge in [0.15, 0.2) is 0 Å². The van der Waals surface area contributed by atoms with Crippen molar-refractivity contribution in [1.82, 2.24) is 0 Å². The van der Waals surface area contributed by atoms with E-state index in [2.05, 4.69) is 0 Å². The fraction of sp³-hybridized carbons (Fsp3) is 0.333. The Morgan fingerprint density at radius 1 is 1.38 bits per heavy atom. The first-order chi connectivity index (χ1) is 7.45. The summed E-state index contributed by atoms with van der Waals surface area (Å²) >= 11 is 5.77. The molecule has 0 aliphatic rings. The van der Waals surface area contributed by atoms with Crippen LogP contribution in [0, 0.1) is 0 Å². The Morgan fingerprint density at radius 3 is 2.56 bits per heavy atom. The van der Waals surface area contributed by atoms with Crippen LogP contribution < -0.4 is 4.74 Å². The Balaban J connectivity index is 2.84. The summed E-state index contributed by atoms with van der Waals surface area (Å²) in [5.41, 5.74) is 0. The molecule has 3 nitrogen and oxygen atoms in total. The van der Waals surface area contributed by atoms with Crippen molar-refractivity contribution in [2.24, 2.45) is 0 Å².